The highest BCUT2D eigenvalue weighted by atomic mass is 16.5. The molecule has 182 valence electrons. The molecule has 4 rings (SSSR count). The molecule has 0 aromatic heterocycles. The Morgan fingerprint density at radius 1 is 1.15 bits per heavy atom. The number of ether oxygens (including phenoxy) is 3. The van der Waals surface area contributed by atoms with Crippen molar-refractivity contribution in [3.63, 3.8) is 0 Å². The van der Waals surface area contributed by atoms with Crippen molar-refractivity contribution in [1.82, 2.24) is 15.1 Å². The lowest BCUT2D eigenvalue weighted by Gasteiger charge is -2.41. The van der Waals surface area contributed by atoms with Crippen LogP contribution in [0.1, 0.15) is 51.0 Å². The number of likely N-dealkylation sites (tertiary alicyclic amines) is 1. The van der Waals surface area contributed by atoms with Crippen molar-refractivity contribution in [1.29, 1.82) is 0 Å². The van der Waals surface area contributed by atoms with Crippen LogP contribution in [0.3, 0.4) is 0 Å². The molecule has 3 amide bonds. The van der Waals surface area contributed by atoms with Crippen LogP contribution in [0.5, 0.6) is 11.5 Å². The molecular formula is C25H37N3O5. The lowest BCUT2D eigenvalue weighted by molar-refractivity contribution is -0.135. The average Bonchev–Trinajstić information content (AvgIpc) is 3.43. The Kier molecular flexibility index (Phi) is 7.44. The van der Waals surface area contributed by atoms with Crippen LogP contribution in [0.15, 0.2) is 18.2 Å². The molecule has 0 radical (unpaired) electrons. The van der Waals surface area contributed by atoms with Crippen molar-refractivity contribution in [3.05, 3.63) is 23.8 Å². The third-order valence-corrected chi connectivity index (χ3v) is 7.43. The zero-order chi connectivity index (χ0) is 23.4. The van der Waals surface area contributed by atoms with Gasteiger partial charge in [-0.1, -0.05) is 19.4 Å². The summed E-state index contributed by atoms with van der Waals surface area (Å²) in [6, 6.07) is 5.66. The quantitative estimate of drug-likeness (QED) is 0.572. The van der Waals surface area contributed by atoms with Crippen molar-refractivity contribution in [2.24, 2.45) is 5.92 Å². The summed E-state index contributed by atoms with van der Waals surface area (Å²) < 4.78 is 16.6. The number of methoxy groups -OCH3 is 2. The van der Waals surface area contributed by atoms with E-state index in [1.807, 2.05) is 18.2 Å². The van der Waals surface area contributed by atoms with Gasteiger partial charge in [-0.2, -0.15) is 0 Å². The molecule has 0 unspecified atom stereocenters. The van der Waals surface area contributed by atoms with E-state index in [0.29, 0.717) is 19.6 Å². The zero-order valence-corrected chi connectivity index (χ0v) is 20.1. The third-order valence-electron chi connectivity index (χ3n) is 7.43. The summed E-state index contributed by atoms with van der Waals surface area (Å²) in [5.74, 6) is 1.68. The Bertz CT molecular complexity index is 848. The van der Waals surface area contributed by atoms with E-state index in [1.165, 1.54) is 4.90 Å². The Morgan fingerprint density at radius 2 is 1.94 bits per heavy atom. The first-order valence-electron chi connectivity index (χ1n) is 12.2. The van der Waals surface area contributed by atoms with Crippen molar-refractivity contribution < 1.29 is 23.8 Å². The van der Waals surface area contributed by atoms with Crippen molar-refractivity contribution in [3.8, 4) is 11.5 Å². The molecular weight excluding hydrogens is 422 g/mol. The summed E-state index contributed by atoms with van der Waals surface area (Å²) in [6.45, 7) is 5.69. The second kappa shape index (κ2) is 10.3. The van der Waals surface area contributed by atoms with Gasteiger partial charge in [-0.25, -0.2) is 4.79 Å². The van der Waals surface area contributed by atoms with Gasteiger partial charge in [0.25, 0.3) is 5.91 Å². The van der Waals surface area contributed by atoms with Gasteiger partial charge in [-0.3, -0.25) is 14.6 Å². The lowest BCUT2D eigenvalue weighted by Crippen LogP contribution is -2.56. The number of hydrogen-bond acceptors (Lipinski definition) is 6. The van der Waals surface area contributed by atoms with Crippen LogP contribution in [0.4, 0.5) is 4.79 Å². The molecule has 3 heterocycles. The topological polar surface area (TPSA) is 80.3 Å². The van der Waals surface area contributed by atoms with Crippen LogP contribution in [0.25, 0.3) is 0 Å². The summed E-state index contributed by atoms with van der Waals surface area (Å²) in [5, 5.41) is 3.14. The first-order valence-corrected chi connectivity index (χ1v) is 12.2. The Hall–Kier alpha value is -2.32. The molecule has 8 heteroatoms. The fourth-order valence-electron chi connectivity index (χ4n) is 5.65. The maximum absolute atomic E-state index is 13.6. The molecule has 3 fully saturated rings. The van der Waals surface area contributed by atoms with Crippen LogP contribution in [0, 0.1) is 5.92 Å². The largest absolute Gasteiger partial charge is 0.497 e. The van der Waals surface area contributed by atoms with E-state index in [9.17, 15) is 9.59 Å². The molecule has 0 saturated carbocycles. The van der Waals surface area contributed by atoms with Crippen LogP contribution >= 0.6 is 0 Å². The summed E-state index contributed by atoms with van der Waals surface area (Å²) in [4.78, 5) is 30.2. The zero-order valence-electron chi connectivity index (χ0n) is 20.1. The maximum Gasteiger partial charge on any atom is 0.325 e. The molecule has 33 heavy (non-hydrogen) atoms. The van der Waals surface area contributed by atoms with Gasteiger partial charge in [0.2, 0.25) is 0 Å². The van der Waals surface area contributed by atoms with Gasteiger partial charge in [-0.05, 0) is 57.2 Å². The van der Waals surface area contributed by atoms with E-state index in [2.05, 4.69) is 17.1 Å². The number of hydrogen-bond donors (Lipinski definition) is 1. The SMILES string of the molecule is CCC[C@@]1(C2CCN(Cc3ccc(OC)cc3OC)CC2)NC(=O)N(C[C@H]2CCCO2)C1=O. The molecule has 3 aliphatic rings. The first kappa shape index (κ1) is 23.8. The van der Waals surface area contributed by atoms with E-state index >= 15 is 0 Å². The highest BCUT2D eigenvalue weighted by molar-refractivity contribution is 6.07. The number of urea groups is 1. The minimum Gasteiger partial charge on any atom is -0.497 e. The standard InChI is InChI=1S/C25H37N3O5/c1-4-11-25(23(29)28(24(30)26-25)17-21-6-5-14-33-21)19-9-12-27(13-10-19)16-18-7-8-20(31-2)15-22(18)32-3/h7-8,15,19,21H,4-6,9-14,16-17H2,1-3H3,(H,26,30)/t21-,25+/m1/s1. The smallest absolute Gasteiger partial charge is 0.325 e. The number of piperidine rings is 1. The molecule has 1 N–H and O–H groups in total. The maximum atomic E-state index is 13.6. The number of nitrogens with one attached hydrogen (secondary N) is 1. The minimum atomic E-state index is -0.783. The van der Waals surface area contributed by atoms with Gasteiger partial charge in [0.1, 0.15) is 17.0 Å². The van der Waals surface area contributed by atoms with Gasteiger partial charge >= 0.3 is 6.03 Å². The number of benzene rings is 1. The Labute approximate surface area is 196 Å². The van der Waals surface area contributed by atoms with Gasteiger partial charge in [0.05, 0.1) is 26.9 Å². The summed E-state index contributed by atoms with van der Waals surface area (Å²) >= 11 is 0. The summed E-state index contributed by atoms with van der Waals surface area (Å²) in [7, 11) is 3.33. The first-order chi connectivity index (χ1) is 16.0. The van der Waals surface area contributed by atoms with Gasteiger partial charge < -0.3 is 19.5 Å². The van der Waals surface area contributed by atoms with Crippen LogP contribution in [-0.2, 0) is 16.1 Å². The second-order valence-electron chi connectivity index (χ2n) is 9.43. The highest BCUT2D eigenvalue weighted by Crippen LogP contribution is 2.38. The molecule has 2 atom stereocenters. The normalized spacial score (nSPS) is 26.6. The summed E-state index contributed by atoms with van der Waals surface area (Å²) in [6.07, 6.45) is 5.14. The lowest BCUT2D eigenvalue weighted by atomic mass is 9.74. The fraction of sp³-hybridized carbons (Fsp3) is 0.680. The van der Waals surface area contributed by atoms with E-state index in [0.717, 1.165) is 68.8 Å². The highest BCUT2D eigenvalue weighted by Gasteiger charge is 2.55. The monoisotopic (exact) mass is 459 g/mol. The van der Waals surface area contributed by atoms with Crippen molar-refractivity contribution in [2.45, 2.75) is 63.6 Å². The molecule has 8 nitrogen and oxygen atoms in total. The van der Waals surface area contributed by atoms with Crippen molar-refractivity contribution >= 4 is 11.9 Å². The fourth-order valence-corrected chi connectivity index (χ4v) is 5.65. The number of imide groups is 1. The molecule has 3 aliphatic heterocycles. The van der Waals surface area contributed by atoms with Crippen LogP contribution in [-0.4, -0.2) is 73.8 Å². The van der Waals surface area contributed by atoms with Crippen LogP contribution < -0.4 is 14.8 Å². The van der Waals surface area contributed by atoms with E-state index in [-0.39, 0.29) is 24.0 Å². The number of amides is 3. The van der Waals surface area contributed by atoms with Crippen LogP contribution in [0.2, 0.25) is 0 Å². The number of carbonyl (C=O) groups is 2. The number of carbonyl (C=O) groups excluding carboxylic acids is 2. The van der Waals surface area contributed by atoms with Gasteiger partial charge in [0.15, 0.2) is 0 Å². The molecule has 1 aromatic rings. The molecule has 0 spiro atoms. The number of rotatable bonds is 9. The van der Waals surface area contributed by atoms with E-state index in [1.54, 1.807) is 14.2 Å². The average molecular weight is 460 g/mol. The van der Waals surface area contributed by atoms with Gasteiger partial charge in [-0.15, -0.1) is 0 Å². The van der Waals surface area contributed by atoms with Gasteiger partial charge in [0, 0.05) is 24.8 Å². The number of nitrogens with zero attached hydrogens (tertiary/aromatic N) is 2. The molecule has 0 bridgehead atoms. The third kappa shape index (κ3) is 4.82. The predicted molar refractivity (Wildman–Crippen MR) is 124 cm³/mol. The van der Waals surface area contributed by atoms with E-state index < -0.39 is 5.54 Å². The van der Waals surface area contributed by atoms with Crippen molar-refractivity contribution in [2.75, 3.05) is 40.5 Å². The Morgan fingerprint density at radius 3 is 2.58 bits per heavy atom. The molecule has 0 aliphatic carbocycles. The summed E-state index contributed by atoms with van der Waals surface area (Å²) in [5.41, 5.74) is 0.335. The Balaban J connectivity index is 1.41. The minimum absolute atomic E-state index is 0.0292. The molecule has 3 saturated heterocycles. The molecule has 1 aromatic carbocycles. The predicted octanol–water partition coefficient (Wildman–Crippen LogP) is 3.19. The second-order valence-corrected chi connectivity index (χ2v) is 9.43. The van der Waals surface area contributed by atoms with E-state index in [4.69, 9.17) is 14.2 Å².